The standard InChI is InChI=1S/C22H26N4O/c1-16-7-5-6-8-20(16)21(25(3)4)22(27)24-15-18-9-11-19(12-10-18)26-14-13-23-17(26)2/h5-14,21H,15H2,1-4H3,(H,24,27). The van der Waals surface area contributed by atoms with Crippen LogP contribution in [0, 0.1) is 13.8 Å². The van der Waals surface area contributed by atoms with E-state index in [1.54, 1.807) is 6.20 Å². The second-order valence-electron chi connectivity index (χ2n) is 6.95. The van der Waals surface area contributed by atoms with E-state index < -0.39 is 0 Å². The fourth-order valence-corrected chi connectivity index (χ4v) is 3.26. The number of benzene rings is 2. The summed E-state index contributed by atoms with van der Waals surface area (Å²) < 4.78 is 2.03. The number of rotatable bonds is 6. The average molecular weight is 362 g/mol. The quantitative estimate of drug-likeness (QED) is 0.731. The Bertz CT molecular complexity index is 912. The molecule has 1 atom stereocenters. The van der Waals surface area contributed by atoms with Crippen molar-refractivity contribution in [1.29, 1.82) is 0 Å². The SMILES string of the molecule is Cc1ccccc1C(C(=O)NCc1ccc(-n2ccnc2C)cc1)N(C)C. The molecule has 2 aromatic carbocycles. The molecule has 3 rings (SSSR count). The average Bonchev–Trinajstić information content (AvgIpc) is 3.08. The van der Waals surface area contributed by atoms with Crippen molar-refractivity contribution in [3.8, 4) is 5.69 Å². The lowest BCUT2D eigenvalue weighted by Crippen LogP contribution is -2.37. The molecule has 0 saturated carbocycles. The van der Waals surface area contributed by atoms with Crippen molar-refractivity contribution in [2.45, 2.75) is 26.4 Å². The third-order valence-electron chi connectivity index (χ3n) is 4.75. The van der Waals surface area contributed by atoms with E-state index in [1.165, 1.54) is 0 Å². The number of nitrogens with one attached hydrogen (secondary N) is 1. The number of hydrogen-bond acceptors (Lipinski definition) is 3. The maximum Gasteiger partial charge on any atom is 0.242 e. The normalized spacial score (nSPS) is 12.2. The van der Waals surface area contributed by atoms with E-state index in [0.29, 0.717) is 6.54 Å². The third-order valence-corrected chi connectivity index (χ3v) is 4.75. The van der Waals surface area contributed by atoms with Crippen LogP contribution in [0.25, 0.3) is 5.69 Å². The Morgan fingerprint density at radius 2 is 1.81 bits per heavy atom. The summed E-state index contributed by atoms with van der Waals surface area (Å²) in [6, 6.07) is 15.9. The highest BCUT2D eigenvalue weighted by atomic mass is 16.2. The van der Waals surface area contributed by atoms with Crippen LogP contribution in [0.4, 0.5) is 0 Å². The van der Waals surface area contributed by atoms with E-state index in [-0.39, 0.29) is 11.9 Å². The van der Waals surface area contributed by atoms with E-state index in [0.717, 1.165) is 28.2 Å². The molecular weight excluding hydrogens is 336 g/mol. The van der Waals surface area contributed by atoms with Gasteiger partial charge in [-0.15, -0.1) is 0 Å². The molecule has 0 saturated heterocycles. The third kappa shape index (κ3) is 4.26. The Morgan fingerprint density at radius 1 is 1.11 bits per heavy atom. The van der Waals surface area contributed by atoms with Crippen molar-refractivity contribution in [3.05, 3.63) is 83.4 Å². The zero-order valence-electron chi connectivity index (χ0n) is 16.3. The van der Waals surface area contributed by atoms with Gasteiger partial charge in [-0.05, 0) is 56.8 Å². The molecular formula is C22H26N4O. The monoisotopic (exact) mass is 362 g/mol. The fraction of sp³-hybridized carbons (Fsp3) is 0.273. The molecule has 3 aromatic rings. The van der Waals surface area contributed by atoms with Gasteiger partial charge in [0.1, 0.15) is 11.9 Å². The van der Waals surface area contributed by atoms with Gasteiger partial charge in [-0.2, -0.15) is 0 Å². The lowest BCUT2D eigenvalue weighted by molar-refractivity contribution is -0.126. The van der Waals surface area contributed by atoms with Gasteiger partial charge in [-0.1, -0.05) is 36.4 Å². The highest BCUT2D eigenvalue weighted by Gasteiger charge is 2.23. The lowest BCUT2D eigenvalue weighted by Gasteiger charge is -2.25. The Hall–Kier alpha value is -2.92. The zero-order valence-corrected chi connectivity index (χ0v) is 16.3. The maximum atomic E-state index is 12.8. The molecule has 27 heavy (non-hydrogen) atoms. The highest BCUT2D eigenvalue weighted by molar-refractivity contribution is 5.83. The van der Waals surface area contributed by atoms with Gasteiger partial charge in [-0.3, -0.25) is 9.69 Å². The maximum absolute atomic E-state index is 12.8. The van der Waals surface area contributed by atoms with Crippen LogP contribution < -0.4 is 5.32 Å². The highest BCUT2D eigenvalue weighted by Crippen LogP contribution is 2.22. The number of aryl methyl sites for hydroxylation is 2. The minimum Gasteiger partial charge on any atom is -0.350 e. The molecule has 1 amide bonds. The van der Waals surface area contributed by atoms with E-state index in [9.17, 15) is 4.79 Å². The molecule has 0 radical (unpaired) electrons. The minimum absolute atomic E-state index is 0.00355. The molecule has 0 aliphatic carbocycles. The lowest BCUT2D eigenvalue weighted by atomic mass is 10.00. The number of carbonyl (C=O) groups excluding carboxylic acids is 1. The van der Waals surface area contributed by atoms with Crippen LogP contribution >= 0.6 is 0 Å². The predicted molar refractivity (Wildman–Crippen MR) is 108 cm³/mol. The number of nitrogens with zero attached hydrogens (tertiary/aromatic N) is 3. The summed E-state index contributed by atoms with van der Waals surface area (Å²) in [4.78, 5) is 19.0. The molecule has 1 N–H and O–H groups in total. The summed E-state index contributed by atoms with van der Waals surface area (Å²) in [5.41, 5.74) is 4.27. The first-order chi connectivity index (χ1) is 13.0. The molecule has 1 unspecified atom stereocenters. The van der Waals surface area contributed by atoms with E-state index in [4.69, 9.17) is 0 Å². The summed E-state index contributed by atoms with van der Waals surface area (Å²) in [7, 11) is 3.86. The van der Waals surface area contributed by atoms with Crippen LogP contribution in [0.1, 0.15) is 28.6 Å². The van der Waals surface area contributed by atoms with Crippen LogP contribution in [0.3, 0.4) is 0 Å². The number of aromatic nitrogens is 2. The van der Waals surface area contributed by atoms with Gasteiger partial charge >= 0.3 is 0 Å². The predicted octanol–water partition coefficient (Wildman–Crippen LogP) is 3.41. The first kappa shape index (κ1) is 18.9. The second-order valence-corrected chi connectivity index (χ2v) is 6.95. The van der Waals surface area contributed by atoms with Gasteiger partial charge in [0.2, 0.25) is 5.91 Å². The van der Waals surface area contributed by atoms with Gasteiger partial charge in [0.25, 0.3) is 0 Å². The minimum atomic E-state index is -0.306. The van der Waals surface area contributed by atoms with Crippen molar-refractivity contribution in [2.75, 3.05) is 14.1 Å². The second kappa shape index (κ2) is 8.18. The molecule has 1 aromatic heterocycles. The van der Waals surface area contributed by atoms with Gasteiger partial charge < -0.3 is 9.88 Å². The molecule has 5 nitrogen and oxygen atoms in total. The van der Waals surface area contributed by atoms with Crippen molar-refractivity contribution in [1.82, 2.24) is 19.8 Å². The molecule has 0 bridgehead atoms. The largest absolute Gasteiger partial charge is 0.350 e. The van der Waals surface area contributed by atoms with Gasteiger partial charge in [0, 0.05) is 24.6 Å². The number of carbonyl (C=O) groups is 1. The van der Waals surface area contributed by atoms with Crippen molar-refractivity contribution < 1.29 is 4.79 Å². The number of amides is 1. The van der Waals surface area contributed by atoms with Crippen LogP contribution in [0.5, 0.6) is 0 Å². The van der Waals surface area contributed by atoms with Crippen LogP contribution in [0.15, 0.2) is 60.9 Å². The Kier molecular flexibility index (Phi) is 5.72. The topological polar surface area (TPSA) is 50.2 Å². The molecule has 0 aliphatic rings. The van der Waals surface area contributed by atoms with E-state index in [2.05, 4.69) is 10.3 Å². The summed E-state index contributed by atoms with van der Waals surface area (Å²) in [6.45, 7) is 4.51. The first-order valence-corrected chi connectivity index (χ1v) is 9.06. The molecule has 5 heteroatoms. The molecule has 0 fully saturated rings. The van der Waals surface area contributed by atoms with E-state index in [1.807, 2.05) is 92.1 Å². The van der Waals surface area contributed by atoms with Crippen LogP contribution in [0.2, 0.25) is 0 Å². The summed E-state index contributed by atoms with van der Waals surface area (Å²) in [6.07, 6.45) is 3.73. The molecule has 0 spiro atoms. The Morgan fingerprint density at radius 3 is 2.41 bits per heavy atom. The molecule has 1 heterocycles. The Balaban J connectivity index is 1.69. The van der Waals surface area contributed by atoms with Crippen molar-refractivity contribution in [3.63, 3.8) is 0 Å². The molecule has 140 valence electrons. The number of hydrogen-bond donors (Lipinski definition) is 1. The zero-order chi connectivity index (χ0) is 19.4. The number of imidazole rings is 1. The van der Waals surface area contributed by atoms with Crippen molar-refractivity contribution >= 4 is 5.91 Å². The smallest absolute Gasteiger partial charge is 0.242 e. The van der Waals surface area contributed by atoms with Crippen molar-refractivity contribution in [2.24, 2.45) is 0 Å². The van der Waals surface area contributed by atoms with E-state index >= 15 is 0 Å². The van der Waals surface area contributed by atoms with Crippen LogP contribution in [-0.2, 0) is 11.3 Å². The van der Waals surface area contributed by atoms with Gasteiger partial charge in [0.15, 0.2) is 0 Å². The van der Waals surface area contributed by atoms with Crippen LogP contribution in [-0.4, -0.2) is 34.5 Å². The first-order valence-electron chi connectivity index (χ1n) is 9.06. The molecule has 0 aliphatic heterocycles. The summed E-state index contributed by atoms with van der Waals surface area (Å²) in [5.74, 6) is 0.951. The van der Waals surface area contributed by atoms with Gasteiger partial charge in [-0.25, -0.2) is 4.98 Å². The summed E-state index contributed by atoms with van der Waals surface area (Å²) in [5, 5.41) is 3.07. The summed E-state index contributed by atoms with van der Waals surface area (Å²) >= 11 is 0. The fourth-order valence-electron chi connectivity index (χ4n) is 3.26. The number of likely N-dealkylation sites (N-methyl/N-ethyl adjacent to an activating group) is 1. The van der Waals surface area contributed by atoms with Gasteiger partial charge in [0.05, 0.1) is 0 Å². The Labute approximate surface area is 160 Å².